The Hall–Kier alpha value is -1.67. The number of nitrogens with two attached hydrogens (primary N) is 1. The summed E-state index contributed by atoms with van der Waals surface area (Å²) < 4.78 is 0. The Labute approximate surface area is 113 Å². The molecule has 0 radical (unpaired) electrons. The molecule has 0 spiro atoms. The molecule has 2 rings (SSSR count). The van der Waals surface area contributed by atoms with Crippen molar-refractivity contribution in [3.05, 3.63) is 58.6 Å². The number of hydrogen-bond acceptors (Lipinski definition) is 2. The summed E-state index contributed by atoms with van der Waals surface area (Å²) in [5.74, 6) is 0. The van der Waals surface area contributed by atoms with Crippen molar-refractivity contribution in [3.8, 4) is 0 Å². The molecule has 0 saturated carbocycles. The molecule has 18 heavy (non-hydrogen) atoms. The Morgan fingerprint density at radius 2 is 1.78 bits per heavy atom. The van der Waals surface area contributed by atoms with Crippen LogP contribution in [0.5, 0.6) is 0 Å². The van der Waals surface area contributed by atoms with Crippen molar-refractivity contribution in [3.63, 3.8) is 0 Å². The molecule has 0 atom stereocenters. The van der Waals surface area contributed by atoms with Gasteiger partial charge in [-0.15, -0.1) is 0 Å². The molecule has 2 aromatic rings. The average molecular weight is 261 g/mol. The van der Waals surface area contributed by atoms with Gasteiger partial charge in [0.25, 0.3) is 0 Å². The zero-order valence-electron chi connectivity index (χ0n) is 10.7. The Kier molecular flexibility index (Phi) is 3.78. The minimum Gasteiger partial charge on any atom is -0.397 e. The van der Waals surface area contributed by atoms with Gasteiger partial charge in [0, 0.05) is 18.6 Å². The second kappa shape index (κ2) is 5.32. The molecule has 0 aliphatic rings. The summed E-state index contributed by atoms with van der Waals surface area (Å²) in [5.41, 5.74) is 10.2. The summed E-state index contributed by atoms with van der Waals surface area (Å²) in [4.78, 5) is 2.10. The highest BCUT2D eigenvalue weighted by atomic mass is 35.5. The van der Waals surface area contributed by atoms with Crippen molar-refractivity contribution in [2.75, 3.05) is 17.7 Å². The summed E-state index contributed by atoms with van der Waals surface area (Å²) in [6.45, 7) is 2.90. The van der Waals surface area contributed by atoms with Crippen molar-refractivity contribution in [1.29, 1.82) is 0 Å². The Morgan fingerprint density at radius 1 is 1.11 bits per heavy atom. The molecular formula is C15H17ClN2. The van der Waals surface area contributed by atoms with Gasteiger partial charge in [0.2, 0.25) is 0 Å². The molecule has 0 aliphatic heterocycles. The SMILES string of the molecule is Cc1ccc(CN(C)c2cc(Cl)ccc2N)cc1. The van der Waals surface area contributed by atoms with Gasteiger partial charge in [-0.05, 0) is 30.7 Å². The lowest BCUT2D eigenvalue weighted by Gasteiger charge is -2.21. The standard InChI is InChI=1S/C15H17ClN2/c1-11-3-5-12(6-4-11)10-18(2)15-9-13(16)7-8-14(15)17/h3-9H,10,17H2,1-2H3. The molecule has 0 saturated heterocycles. The predicted octanol–water partition coefficient (Wildman–Crippen LogP) is 3.87. The number of halogens is 1. The maximum Gasteiger partial charge on any atom is 0.0615 e. The number of nitrogen functional groups attached to an aromatic ring is 1. The summed E-state index contributed by atoms with van der Waals surface area (Å²) in [6, 6.07) is 14.0. The van der Waals surface area contributed by atoms with Crippen molar-refractivity contribution >= 4 is 23.0 Å². The van der Waals surface area contributed by atoms with E-state index in [0.717, 1.165) is 17.9 Å². The van der Waals surface area contributed by atoms with Crippen LogP contribution in [-0.2, 0) is 6.54 Å². The topological polar surface area (TPSA) is 29.3 Å². The highest BCUT2D eigenvalue weighted by Crippen LogP contribution is 2.27. The first-order valence-corrected chi connectivity index (χ1v) is 6.26. The van der Waals surface area contributed by atoms with Gasteiger partial charge >= 0.3 is 0 Å². The van der Waals surface area contributed by atoms with E-state index < -0.39 is 0 Å². The molecule has 3 heteroatoms. The first-order chi connectivity index (χ1) is 8.56. The maximum atomic E-state index is 6.00. The van der Waals surface area contributed by atoms with Gasteiger partial charge in [0.05, 0.1) is 11.4 Å². The third kappa shape index (κ3) is 2.96. The molecule has 2 nitrogen and oxygen atoms in total. The third-order valence-corrected chi connectivity index (χ3v) is 3.18. The predicted molar refractivity (Wildman–Crippen MR) is 79.2 cm³/mol. The molecule has 0 fully saturated rings. The Morgan fingerprint density at radius 3 is 2.44 bits per heavy atom. The van der Waals surface area contributed by atoms with Crippen LogP contribution in [0.3, 0.4) is 0 Å². The molecule has 0 aromatic heterocycles. The smallest absolute Gasteiger partial charge is 0.0615 e. The quantitative estimate of drug-likeness (QED) is 0.849. The minimum atomic E-state index is 0.704. The van der Waals surface area contributed by atoms with E-state index in [4.69, 9.17) is 17.3 Å². The first kappa shape index (κ1) is 12.8. The number of rotatable bonds is 3. The van der Waals surface area contributed by atoms with Gasteiger partial charge in [-0.3, -0.25) is 0 Å². The van der Waals surface area contributed by atoms with Crippen LogP contribution in [0.15, 0.2) is 42.5 Å². The van der Waals surface area contributed by atoms with Crippen LogP contribution >= 0.6 is 11.6 Å². The lowest BCUT2D eigenvalue weighted by atomic mass is 10.1. The molecule has 2 N–H and O–H groups in total. The number of aryl methyl sites for hydroxylation is 1. The van der Waals surface area contributed by atoms with E-state index in [1.807, 2.05) is 19.2 Å². The molecule has 0 aliphatic carbocycles. The van der Waals surface area contributed by atoms with Crippen LogP contribution in [-0.4, -0.2) is 7.05 Å². The highest BCUT2D eigenvalue weighted by molar-refractivity contribution is 6.31. The lowest BCUT2D eigenvalue weighted by Crippen LogP contribution is -2.17. The zero-order valence-corrected chi connectivity index (χ0v) is 11.4. The monoisotopic (exact) mass is 260 g/mol. The summed E-state index contributed by atoms with van der Waals surface area (Å²) >= 11 is 6.00. The number of benzene rings is 2. The van der Waals surface area contributed by atoms with Crippen molar-refractivity contribution in [2.45, 2.75) is 13.5 Å². The van der Waals surface area contributed by atoms with Crippen LogP contribution in [0.2, 0.25) is 5.02 Å². The Bertz CT molecular complexity index is 535. The fourth-order valence-electron chi connectivity index (χ4n) is 1.90. The number of anilines is 2. The molecule has 2 aromatic carbocycles. The van der Waals surface area contributed by atoms with Crippen molar-refractivity contribution in [1.82, 2.24) is 0 Å². The summed E-state index contributed by atoms with van der Waals surface area (Å²) in [6.07, 6.45) is 0. The zero-order chi connectivity index (χ0) is 13.1. The fourth-order valence-corrected chi connectivity index (χ4v) is 2.07. The molecule has 0 amide bonds. The van der Waals surface area contributed by atoms with Crippen LogP contribution < -0.4 is 10.6 Å². The largest absolute Gasteiger partial charge is 0.397 e. The molecule has 0 unspecified atom stereocenters. The van der Waals surface area contributed by atoms with Crippen LogP contribution in [0.4, 0.5) is 11.4 Å². The lowest BCUT2D eigenvalue weighted by molar-refractivity contribution is 0.924. The first-order valence-electron chi connectivity index (χ1n) is 5.88. The normalized spacial score (nSPS) is 10.4. The van der Waals surface area contributed by atoms with Gasteiger partial charge in [-0.25, -0.2) is 0 Å². The highest BCUT2D eigenvalue weighted by Gasteiger charge is 2.06. The van der Waals surface area contributed by atoms with Crippen LogP contribution in [0.25, 0.3) is 0 Å². The summed E-state index contributed by atoms with van der Waals surface area (Å²) in [7, 11) is 2.02. The second-order valence-electron chi connectivity index (χ2n) is 4.54. The van der Waals surface area contributed by atoms with Crippen molar-refractivity contribution in [2.24, 2.45) is 0 Å². The minimum absolute atomic E-state index is 0.704. The molecular weight excluding hydrogens is 244 g/mol. The van der Waals surface area contributed by atoms with Gasteiger partial charge in [-0.1, -0.05) is 41.4 Å². The molecule has 0 bridgehead atoms. The van der Waals surface area contributed by atoms with Gasteiger partial charge in [0.1, 0.15) is 0 Å². The van der Waals surface area contributed by atoms with E-state index in [1.54, 1.807) is 6.07 Å². The maximum absolute atomic E-state index is 6.00. The van der Waals surface area contributed by atoms with E-state index in [0.29, 0.717) is 5.02 Å². The van der Waals surface area contributed by atoms with E-state index in [2.05, 4.69) is 36.1 Å². The van der Waals surface area contributed by atoms with Crippen LogP contribution in [0, 0.1) is 6.92 Å². The summed E-state index contributed by atoms with van der Waals surface area (Å²) in [5, 5.41) is 0.704. The average Bonchev–Trinajstić information content (AvgIpc) is 2.35. The van der Waals surface area contributed by atoms with E-state index in [1.165, 1.54) is 11.1 Å². The fraction of sp³-hybridized carbons (Fsp3) is 0.200. The number of nitrogens with zero attached hydrogens (tertiary/aromatic N) is 1. The number of hydrogen-bond donors (Lipinski definition) is 1. The van der Waals surface area contributed by atoms with Gasteiger partial charge in [0.15, 0.2) is 0 Å². The second-order valence-corrected chi connectivity index (χ2v) is 4.98. The van der Waals surface area contributed by atoms with Gasteiger partial charge < -0.3 is 10.6 Å². The molecule has 0 heterocycles. The van der Waals surface area contributed by atoms with E-state index in [-0.39, 0.29) is 0 Å². The van der Waals surface area contributed by atoms with E-state index in [9.17, 15) is 0 Å². The van der Waals surface area contributed by atoms with Crippen molar-refractivity contribution < 1.29 is 0 Å². The third-order valence-electron chi connectivity index (χ3n) is 2.94. The van der Waals surface area contributed by atoms with Gasteiger partial charge in [-0.2, -0.15) is 0 Å². The molecule has 94 valence electrons. The van der Waals surface area contributed by atoms with E-state index >= 15 is 0 Å². The van der Waals surface area contributed by atoms with Crippen LogP contribution in [0.1, 0.15) is 11.1 Å². The Balaban J connectivity index is 2.18.